The van der Waals surface area contributed by atoms with Gasteiger partial charge in [-0.1, -0.05) is 72.8 Å². The molecule has 0 N–H and O–H groups in total. The number of fused-ring (bicyclic) bond motifs is 1. The molecule has 0 fully saturated rings. The SMILES string of the molecule is Cc1ccc(C)c2c1C(c1ccccc1)N(N=O)C2c1ccccc1. The van der Waals surface area contributed by atoms with Gasteiger partial charge in [-0.05, 0) is 47.2 Å². The zero-order chi connectivity index (χ0) is 17.4. The van der Waals surface area contributed by atoms with Gasteiger partial charge in [0.05, 0.1) is 5.29 Å². The molecule has 1 aliphatic heterocycles. The minimum absolute atomic E-state index is 0.154. The lowest BCUT2D eigenvalue weighted by molar-refractivity contribution is 0.215. The lowest BCUT2D eigenvalue weighted by Gasteiger charge is -2.25. The number of hydrogen-bond acceptors (Lipinski definition) is 2. The van der Waals surface area contributed by atoms with Crippen molar-refractivity contribution in [2.45, 2.75) is 25.9 Å². The summed E-state index contributed by atoms with van der Waals surface area (Å²) in [6.45, 7) is 4.23. The van der Waals surface area contributed by atoms with Gasteiger partial charge < -0.3 is 0 Å². The van der Waals surface area contributed by atoms with E-state index in [1.165, 1.54) is 22.3 Å². The highest BCUT2D eigenvalue weighted by molar-refractivity contribution is 5.54. The fraction of sp³-hybridized carbons (Fsp3) is 0.182. The quantitative estimate of drug-likeness (QED) is 0.596. The third kappa shape index (κ3) is 2.43. The van der Waals surface area contributed by atoms with Gasteiger partial charge in [-0.25, -0.2) is 5.01 Å². The smallest absolute Gasteiger partial charge is 0.102 e. The summed E-state index contributed by atoms with van der Waals surface area (Å²) in [5.74, 6) is 0. The molecule has 2 unspecified atom stereocenters. The second-order valence-corrected chi connectivity index (χ2v) is 6.61. The van der Waals surface area contributed by atoms with Gasteiger partial charge in [0.2, 0.25) is 0 Å². The molecule has 0 radical (unpaired) electrons. The Hall–Kier alpha value is -2.94. The Kier molecular flexibility index (Phi) is 3.85. The first-order valence-electron chi connectivity index (χ1n) is 8.54. The molecular weight excluding hydrogens is 308 g/mol. The summed E-state index contributed by atoms with van der Waals surface area (Å²) >= 11 is 0. The highest BCUT2D eigenvalue weighted by Gasteiger charge is 2.42. The number of nitroso groups, excluding NO2 is 1. The number of aryl methyl sites for hydroxylation is 2. The lowest BCUT2D eigenvalue weighted by Crippen LogP contribution is -2.22. The Morgan fingerprint density at radius 2 is 1.08 bits per heavy atom. The maximum atomic E-state index is 11.9. The van der Waals surface area contributed by atoms with Crippen LogP contribution in [0.1, 0.15) is 45.5 Å². The third-order valence-electron chi connectivity index (χ3n) is 5.12. The molecule has 3 aromatic carbocycles. The van der Waals surface area contributed by atoms with E-state index >= 15 is 0 Å². The maximum absolute atomic E-state index is 11.9. The molecule has 1 heterocycles. The Labute approximate surface area is 147 Å². The third-order valence-corrected chi connectivity index (χ3v) is 5.12. The van der Waals surface area contributed by atoms with Crippen molar-refractivity contribution in [1.29, 1.82) is 0 Å². The van der Waals surface area contributed by atoms with Crippen molar-refractivity contribution in [3.8, 4) is 0 Å². The van der Waals surface area contributed by atoms with E-state index in [9.17, 15) is 4.91 Å². The zero-order valence-corrected chi connectivity index (χ0v) is 14.4. The average molecular weight is 328 g/mol. The molecule has 0 aromatic heterocycles. The minimum atomic E-state index is -0.154. The first-order chi connectivity index (χ1) is 12.2. The van der Waals surface area contributed by atoms with Crippen LogP contribution in [0.25, 0.3) is 0 Å². The van der Waals surface area contributed by atoms with Crippen LogP contribution >= 0.6 is 0 Å². The average Bonchev–Trinajstić information content (AvgIpc) is 3.02. The molecule has 4 rings (SSSR count). The van der Waals surface area contributed by atoms with Crippen LogP contribution in [-0.2, 0) is 0 Å². The van der Waals surface area contributed by atoms with Gasteiger partial charge in [-0.15, -0.1) is 4.91 Å². The monoisotopic (exact) mass is 328 g/mol. The summed E-state index contributed by atoms with van der Waals surface area (Å²) in [6.07, 6.45) is 0. The van der Waals surface area contributed by atoms with E-state index in [0.29, 0.717) is 0 Å². The number of benzene rings is 3. The van der Waals surface area contributed by atoms with Crippen molar-refractivity contribution >= 4 is 0 Å². The van der Waals surface area contributed by atoms with Crippen molar-refractivity contribution in [3.63, 3.8) is 0 Å². The Morgan fingerprint density at radius 1 is 0.680 bits per heavy atom. The van der Waals surface area contributed by atoms with Gasteiger partial charge >= 0.3 is 0 Å². The predicted molar refractivity (Wildman–Crippen MR) is 100 cm³/mol. The largest absolute Gasteiger partial charge is 0.237 e. The first kappa shape index (κ1) is 15.6. The molecule has 0 bridgehead atoms. The molecule has 3 aromatic rings. The van der Waals surface area contributed by atoms with E-state index in [4.69, 9.17) is 0 Å². The van der Waals surface area contributed by atoms with Crippen LogP contribution < -0.4 is 0 Å². The summed E-state index contributed by atoms with van der Waals surface area (Å²) in [5.41, 5.74) is 6.99. The Morgan fingerprint density at radius 3 is 1.44 bits per heavy atom. The van der Waals surface area contributed by atoms with E-state index in [0.717, 1.165) is 11.1 Å². The predicted octanol–water partition coefficient (Wildman–Crippen LogP) is 5.48. The van der Waals surface area contributed by atoms with Crippen LogP contribution in [0.2, 0.25) is 0 Å². The zero-order valence-electron chi connectivity index (χ0n) is 14.4. The normalized spacial score (nSPS) is 18.9. The van der Waals surface area contributed by atoms with Gasteiger partial charge in [0.15, 0.2) is 0 Å². The van der Waals surface area contributed by atoms with E-state index in [1.807, 2.05) is 36.4 Å². The summed E-state index contributed by atoms with van der Waals surface area (Å²) < 4.78 is 0. The highest BCUT2D eigenvalue weighted by Crippen LogP contribution is 2.50. The van der Waals surface area contributed by atoms with Crippen molar-refractivity contribution < 1.29 is 0 Å². The highest BCUT2D eigenvalue weighted by atomic mass is 16.3. The molecule has 124 valence electrons. The standard InChI is InChI=1S/C22H20N2O/c1-15-13-14-16(2)20-19(15)21(17-9-5-3-6-10-17)24(23-25)22(20)18-11-7-4-8-12-18/h3-14,21-22H,1-2H3. The van der Waals surface area contributed by atoms with Crippen molar-refractivity contribution in [2.75, 3.05) is 0 Å². The molecule has 3 nitrogen and oxygen atoms in total. The van der Waals surface area contributed by atoms with Gasteiger partial charge in [0.25, 0.3) is 0 Å². The minimum Gasteiger partial charge on any atom is -0.237 e. The second-order valence-electron chi connectivity index (χ2n) is 6.61. The molecule has 0 saturated heterocycles. The van der Waals surface area contributed by atoms with Crippen molar-refractivity contribution in [3.05, 3.63) is 111 Å². The Bertz CT molecular complexity index is 834. The van der Waals surface area contributed by atoms with E-state index in [-0.39, 0.29) is 12.1 Å². The molecule has 25 heavy (non-hydrogen) atoms. The van der Waals surface area contributed by atoms with E-state index in [1.54, 1.807) is 5.01 Å². The van der Waals surface area contributed by atoms with Crippen LogP contribution in [0.3, 0.4) is 0 Å². The van der Waals surface area contributed by atoms with E-state index in [2.05, 4.69) is 55.5 Å². The summed E-state index contributed by atoms with van der Waals surface area (Å²) in [7, 11) is 0. The molecule has 1 aliphatic rings. The molecule has 3 heteroatoms. The number of nitrogens with zero attached hydrogens (tertiary/aromatic N) is 2. The summed E-state index contributed by atoms with van der Waals surface area (Å²) in [6, 6.07) is 24.3. The van der Waals surface area contributed by atoms with E-state index < -0.39 is 0 Å². The molecular formula is C22H20N2O. The van der Waals surface area contributed by atoms with Gasteiger partial charge in [-0.3, -0.25) is 0 Å². The maximum Gasteiger partial charge on any atom is 0.102 e. The number of hydrogen-bond donors (Lipinski definition) is 0. The topological polar surface area (TPSA) is 32.7 Å². The molecule has 0 saturated carbocycles. The fourth-order valence-corrected chi connectivity index (χ4v) is 4.00. The molecule has 0 amide bonds. The van der Waals surface area contributed by atoms with Crippen molar-refractivity contribution in [1.82, 2.24) is 5.01 Å². The first-order valence-corrected chi connectivity index (χ1v) is 8.54. The van der Waals surface area contributed by atoms with Gasteiger partial charge in [0.1, 0.15) is 12.1 Å². The van der Waals surface area contributed by atoms with Crippen LogP contribution in [0.4, 0.5) is 0 Å². The van der Waals surface area contributed by atoms with Crippen molar-refractivity contribution in [2.24, 2.45) is 5.29 Å². The molecule has 2 atom stereocenters. The van der Waals surface area contributed by atoms with Crippen LogP contribution in [0.5, 0.6) is 0 Å². The van der Waals surface area contributed by atoms with Crippen LogP contribution in [-0.4, -0.2) is 5.01 Å². The number of rotatable bonds is 3. The van der Waals surface area contributed by atoms with Crippen LogP contribution in [0.15, 0.2) is 78.1 Å². The second kappa shape index (κ2) is 6.17. The fourth-order valence-electron chi connectivity index (χ4n) is 4.00. The Balaban J connectivity index is 2.00. The summed E-state index contributed by atoms with van der Waals surface area (Å²) in [5, 5.41) is 5.20. The summed E-state index contributed by atoms with van der Waals surface area (Å²) in [4.78, 5) is 11.9. The van der Waals surface area contributed by atoms with Crippen LogP contribution in [0, 0.1) is 18.8 Å². The lowest BCUT2D eigenvalue weighted by atomic mass is 9.89. The van der Waals surface area contributed by atoms with Gasteiger partial charge in [0, 0.05) is 0 Å². The molecule has 0 spiro atoms. The molecule has 0 aliphatic carbocycles. The van der Waals surface area contributed by atoms with Gasteiger partial charge in [-0.2, -0.15) is 0 Å².